The van der Waals surface area contributed by atoms with Crippen LogP contribution < -0.4 is 0 Å². The Labute approximate surface area is 165 Å². The number of carbonyl (C=O) groups is 4. The normalized spacial score (nSPS) is 32.5. The summed E-state index contributed by atoms with van der Waals surface area (Å²) in [6.07, 6.45) is 1.92. The lowest BCUT2D eigenvalue weighted by atomic mass is 9.55. The lowest BCUT2D eigenvalue weighted by molar-refractivity contribution is -0.186. The molecule has 0 radical (unpaired) electrons. The minimum atomic E-state index is -1.48. The smallest absolute Gasteiger partial charge is 0.332 e. The van der Waals surface area contributed by atoms with Crippen LogP contribution in [-0.2, 0) is 23.9 Å². The molecule has 0 aromatic rings. The highest BCUT2D eigenvalue weighted by atomic mass is 16.7. The second-order valence-corrected chi connectivity index (χ2v) is 8.64. The number of rotatable bonds is 4. The second kappa shape index (κ2) is 7.22. The van der Waals surface area contributed by atoms with Gasteiger partial charge in [0.1, 0.15) is 11.2 Å². The molecule has 8 heteroatoms. The Morgan fingerprint density at radius 1 is 1.04 bits per heavy atom. The van der Waals surface area contributed by atoms with Gasteiger partial charge in [-0.3, -0.25) is 24.2 Å². The van der Waals surface area contributed by atoms with Crippen molar-refractivity contribution in [3.8, 4) is 0 Å². The lowest BCUT2D eigenvalue weighted by Crippen LogP contribution is -2.70. The fraction of sp³-hybridized carbons (Fsp3) is 0.800. The molecule has 156 valence electrons. The zero-order chi connectivity index (χ0) is 20.9. The first-order chi connectivity index (χ1) is 13.1. The molecule has 3 fully saturated rings. The van der Waals surface area contributed by atoms with E-state index in [1.807, 2.05) is 6.92 Å². The van der Waals surface area contributed by atoms with Gasteiger partial charge in [-0.2, -0.15) is 0 Å². The monoisotopic (exact) mass is 394 g/mol. The number of hydrogen-bond acceptors (Lipinski definition) is 6. The summed E-state index contributed by atoms with van der Waals surface area (Å²) < 4.78 is 11.7. The fourth-order valence-electron chi connectivity index (χ4n) is 5.06. The van der Waals surface area contributed by atoms with Crippen LogP contribution in [0.5, 0.6) is 0 Å². The Kier molecular flexibility index (Phi) is 5.40. The summed E-state index contributed by atoms with van der Waals surface area (Å²) >= 11 is 0. The Hall–Kier alpha value is -1.80. The third-order valence-corrected chi connectivity index (χ3v) is 6.43. The minimum absolute atomic E-state index is 0.0211. The number of carbonyl (C=O) groups excluding carboxylic acids is 4. The standard InChI is InChI=1S/C20H30N2O6/c1-6-7-8-12-9-13(23)10-14(15-11-27-19(2,3)28-15)20(12)16(24)21(4)18(26)22(5)17(20)25/h12,14-15H,6-11H2,1-5H3/t12-,14-,15+/m0/s1. The Morgan fingerprint density at radius 3 is 2.14 bits per heavy atom. The van der Waals surface area contributed by atoms with Crippen molar-refractivity contribution in [2.75, 3.05) is 20.7 Å². The molecule has 0 bridgehead atoms. The van der Waals surface area contributed by atoms with Crippen LogP contribution in [0.25, 0.3) is 0 Å². The summed E-state index contributed by atoms with van der Waals surface area (Å²) in [7, 11) is 2.80. The summed E-state index contributed by atoms with van der Waals surface area (Å²) in [5.41, 5.74) is -1.48. The summed E-state index contributed by atoms with van der Waals surface area (Å²) in [6, 6.07) is -0.644. The topological polar surface area (TPSA) is 93.2 Å². The maximum atomic E-state index is 13.5. The highest BCUT2D eigenvalue weighted by molar-refractivity contribution is 6.20. The molecule has 0 N–H and O–H groups in total. The predicted molar refractivity (Wildman–Crippen MR) is 99.0 cm³/mol. The summed E-state index contributed by atoms with van der Waals surface area (Å²) in [5, 5.41) is 0. The predicted octanol–water partition coefficient (Wildman–Crippen LogP) is 1.96. The number of barbiturate groups is 1. The van der Waals surface area contributed by atoms with E-state index in [0.717, 1.165) is 22.6 Å². The van der Waals surface area contributed by atoms with Gasteiger partial charge < -0.3 is 9.47 Å². The summed E-state index contributed by atoms with van der Waals surface area (Å²) in [5.74, 6) is -2.98. The number of nitrogens with zero attached hydrogens (tertiary/aromatic N) is 2. The molecule has 0 aromatic heterocycles. The van der Waals surface area contributed by atoms with E-state index in [9.17, 15) is 19.2 Å². The van der Waals surface area contributed by atoms with Crippen LogP contribution in [0, 0.1) is 17.3 Å². The number of Topliss-reactive ketones (excluding diaryl/α,β-unsaturated/α-hetero) is 1. The van der Waals surface area contributed by atoms with E-state index in [1.165, 1.54) is 14.1 Å². The summed E-state index contributed by atoms with van der Waals surface area (Å²) in [6.45, 7) is 5.77. The van der Waals surface area contributed by atoms with Crippen LogP contribution in [0.2, 0.25) is 0 Å². The SMILES string of the molecule is CCCC[C@H]1CC(=O)C[C@@H]([C@H]2COC(C)(C)O2)C12C(=O)N(C)C(=O)N(C)C2=O. The number of unbranched alkanes of at least 4 members (excludes halogenated alkanes) is 1. The first-order valence-corrected chi connectivity index (χ1v) is 10.00. The number of amides is 4. The van der Waals surface area contributed by atoms with E-state index in [1.54, 1.807) is 13.8 Å². The highest BCUT2D eigenvalue weighted by Crippen LogP contribution is 2.53. The Bertz CT molecular complexity index is 679. The van der Waals surface area contributed by atoms with Crippen molar-refractivity contribution in [3.05, 3.63) is 0 Å². The van der Waals surface area contributed by atoms with Gasteiger partial charge in [0.05, 0.1) is 12.7 Å². The van der Waals surface area contributed by atoms with Gasteiger partial charge in [-0.15, -0.1) is 0 Å². The maximum absolute atomic E-state index is 13.5. The average Bonchev–Trinajstić information content (AvgIpc) is 3.01. The van der Waals surface area contributed by atoms with Crippen LogP contribution in [0.1, 0.15) is 52.9 Å². The van der Waals surface area contributed by atoms with Gasteiger partial charge >= 0.3 is 6.03 Å². The Morgan fingerprint density at radius 2 is 1.64 bits per heavy atom. The van der Waals surface area contributed by atoms with Crippen molar-refractivity contribution in [3.63, 3.8) is 0 Å². The number of urea groups is 1. The largest absolute Gasteiger partial charge is 0.348 e. The minimum Gasteiger partial charge on any atom is -0.348 e. The van der Waals surface area contributed by atoms with Gasteiger partial charge in [0, 0.05) is 32.9 Å². The van der Waals surface area contributed by atoms with Crippen LogP contribution in [0.4, 0.5) is 4.79 Å². The quantitative estimate of drug-likeness (QED) is 0.677. The zero-order valence-electron chi connectivity index (χ0n) is 17.3. The van der Waals surface area contributed by atoms with Crippen LogP contribution in [0.15, 0.2) is 0 Å². The molecule has 1 saturated carbocycles. The molecule has 0 aromatic carbocycles. The molecule has 8 nitrogen and oxygen atoms in total. The van der Waals surface area contributed by atoms with Crippen LogP contribution in [-0.4, -0.2) is 66.0 Å². The highest BCUT2D eigenvalue weighted by Gasteiger charge is 2.67. The first kappa shape index (κ1) is 20.9. The van der Waals surface area contributed by atoms with E-state index < -0.39 is 47.0 Å². The molecule has 1 aliphatic carbocycles. The van der Waals surface area contributed by atoms with Crippen molar-refractivity contribution in [1.82, 2.24) is 9.80 Å². The van der Waals surface area contributed by atoms with Gasteiger partial charge in [-0.05, 0) is 26.2 Å². The molecule has 3 aliphatic rings. The van der Waals surface area contributed by atoms with Gasteiger partial charge in [-0.25, -0.2) is 4.79 Å². The number of hydrogen-bond donors (Lipinski definition) is 0. The molecule has 1 spiro atoms. The van der Waals surface area contributed by atoms with Gasteiger partial charge in [-0.1, -0.05) is 19.8 Å². The van der Waals surface area contributed by atoms with E-state index in [2.05, 4.69) is 0 Å². The molecule has 2 aliphatic heterocycles. The first-order valence-electron chi connectivity index (χ1n) is 10.00. The molecule has 3 atom stereocenters. The van der Waals surface area contributed by atoms with E-state index in [-0.39, 0.29) is 25.2 Å². The fourth-order valence-corrected chi connectivity index (χ4v) is 5.06. The van der Waals surface area contributed by atoms with Gasteiger partial charge in [0.2, 0.25) is 11.8 Å². The van der Waals surface area contributed by atoms with Crippen molar-refractivity contribution in [2.24, 2.45) is 17.3 Å². The second-order valence-electron chi connectivity index (χ2n) is 8.64. The zero-order valence-corrected chi connectivity index (χ0v) is 17.3. The maximum Gasteiger partial charge on any atom is 0.332 e. The molecular formula is C20H30N2O6. The molecule has 0 unspecified atom stereocenters. The van der Waals surface area contributed by atoms with E-state index in [4.69, 9.17) is 9.47 Å². The Balaban J connectivity index is 2.12. The average molecular weight is 394 g/mol. The molecule has 4 amide bonds. The number of imide groups is 2. The van der Waals surface area contributed by atoms with Crippen LogP contribution in [0.3, 0.4) is 0 Å². The van der Waals surface area contributed by atoms with Crippen molar-refractivity contribution in [2.45, 2.75) is 64.8 Å². The van der Waals surface area contributed by atoms with Crippen LogP contribution >= 0.6 is 0 Å². The number of ketones is 1. The van der Waals surface area contributed by atoms with Crippen molar-refractivity contribution >= 4 is 23.6 Å². The lowest BCUT2D eigenvalue weighted by Gasteiger charge is -2.52. The van der Waals surface area contributed by atoms with Crippen molar-refractivity contribution in [1.29, 1.82) is 0 Å². The molecular weight excluding hydrogens is 364 g/mol. The van der Waals surface area contributed by atoms with E-state index >= 15 is 0 Å². The molecule has 2 heterocycles. The van der Waals surface area contributed by atoms with Gasteiger partial charge in [0.25, 0.3) is 0 Å². The number of ether oxygens (including phenoxy) is 2. The van der Waals surface area contributed by atoms with Crippen molar-refractivity contribution < 1.29 is 28.7 Å². The third-order valence-electron chi connectivity index (χ3n) is 6.43. The molecule has 3 rings (SSSR count). The summed E-state index contributed by atoms with van der Waals surface area (Å²) in [4.78, 5) is 54.1. The van der Waals surface area contributed by atoms with E-state index in [0.29, 0.717) is 6.42 Å². The molecule has 2 saturated heterocycles. The third kappa shape index (κ3) is 3.06. The molecule has 28 heavy (non-hydrogen) atoms. The van der Waals surface area contributed by atoms with Gasteiger partial charge in [0.15, 0.2) is 5.79 Å².